The molecule has 3 aromatic carbocycles. The van der Waals surface area contributed by atoms with E-state index in [1.165, 1.54) is 7.11 Å². The Labute approximate surface area is 239 Å². The number of benzene rings is 3. The summed E-state index contributed by atoms with van der Waals surface area (Å²) in [6.07, 6.45) is 2.09. The summed E-state index contributed by atoms with van der Waals surface area (Å²) in [5, 5.41) is 21.0. The first-order chi connectivity index (χ1) is 19.9. The smallest absolute Gasteiger partial charge is 0.243 e. The molecule has 41 heavy (non-hydrogen) atoms. The lowest BCUT2D eigenvalue weighted by Gasteiger charge is -2.20. The van der Waals surface area contributed by atoms with Crippen molar-refractivity contribution in [2.24, 2.45) is 7.05 Å². The number of ether oxygens (including phenoxy) is 2. The van der Waals surface area contributed by atoms with E-state index in [2.05, 4.69) is 21.0 Å². The lowest BCUT2D eigenvalue weighted by Crippen LogP contribution is -2.52. The molecule has 0 saturated carbocycles. The number of aromatic nitrogens is 2. The number of guanidine groups is 1. The van der Waals surface area contributed by atoms with Crippen LogP contribution in [0.1, 0.15) is 16.7 Å². The van der Waals surface area contributed by atoms with E-state index in [0.717, 1.165) is 22.4 Å². The molecule has 0 aliphatic carbocycles. The lowest BCUT2D eigenvalue weighted by molar-refractivity contribution is -0.123. The molecule has 10 heteroatoms. The molecule has 212 valence electrons. The molecule has 2 amide bonds. The molecule has 0 aliphatic rings. The van der Waals surface area contributed by atoms with E-state index in [1.54, 1.807) is 36.2 Å². The molecule has 4 N–H and O–H groups in total. The van der Waals surface area contributed by atoms with Gasteiger partial charge in [0.1, 0.15) is 6.04 Å². The SMILES string of the molecule is COc1ccc(CC(=O)NC(=N)N[C@H](Cc2ccccc2)C(=O)NCc2cccc(-c3ccnn3C)c2)cc1OC. The quantitative estimate of drug-likeness (QED) is 0.166. The predicted octanol–water partition coefficient (Wildman–Crippen LogP) is 3.22. The van der Waals surface area contributed by atoms with Gasteiger partial charge in [0.25, 0.3) is 0 Å². The monoisotopic (exact) mass is 554 g/mol. The fraction of sp³-hybridized carbons (Fsp3) is 0.226. The first-order valence-electron chi connectivity index (χ1n) is 13.1. The summed E-state index contributed by atoms with van der Waals surface area (Å²) in [5.74, 6) is 0.116. The van der Waals surface area contributed by atoms with Crippen LogP contribution < -0.4 is 25.4 Å². The van der Waals surface area contributed by atoms with Gasteiger partial charge in [-0.25, -0.2) is 0 Å². The Balaban J connectivity index is 1.39. The van der Waals surface area contributed by atoms with E-state index in [-0.39, 0.29) is 18.3 Å². The van der Waals surface area contributed by atoms with Crippen molar-refractivity contribution in [3.63, 3.8) is 0 Å². The molecule has 1 aromatic heterocycles. The van der Waals surface area contributed by atoms with Crippen LogP contribution >= 0.6 is 0 Å². The van der Waals surface area contributed by atoms with E-state index in [0.29, 0.717) is 30.0 Å². The number of aryl methyl sites for hydroxylation is 1. The molecule has 0 fully saturated rings. The Morgan fingerprint density at radius 3 is 2.37 bits per heavy atom. The number of carbonyl (C=O) groups excluding carboxylic acids is 2. The van der Waals surface area contributed by atoms with Crippen molar-refractivity contribution in [2.75, 3.05) is 14.2 Å². The van der Waals surface area contributed by atoms with Gasteiger partial charge < -0.3 is 20.1 Å². The molecule has 0 radical (unpaired) electrons. The van der Waals surface area contributed by atoms with Gasteiger partial charge in [-0.2, -0.15) is 5.10 Å². The van der Waals surface area contributed by atoms with Gasteiger partial charge in [0, 0.05) is 31.8 Å². The zero-order chi connectivity index (χ0) is 29.2. The van der Waals surface area contributed by atoms with Crippen LogP contribution in [0.25, 0.3) is 11.3 Å². The highest BCUT2D eigenvalue weighted by molar-refractivity contribution is 5.98. The van der Waals surface area contributed by atoms with E-state index in [1.807, 2.05) is 67.7 Å². The maximum absolute atomic E-state index is 13.3. The second-order valence-electron chi connectivity index (χ2n) is 9.43. The van der Waals surface area contributed by atoms with Crippen LogP contribution in [0.3, 0.4) is 0 Å². The maximum Gasteiger partial charge on any atom is 0.243 e. The summed E-state index contributed by atoms with van der Waals surface area (Å²) in [7, 11) is 4.95. The summed E-state index contributed by atoms with van der Waals surface area (Å²) in [5.41, 5.74) is 4.50. The Bertz CT molecular complexity index is 1500. The molecule has 1 heterocycles. The molecular formula is C31H34N6O4. The van der Waals surface area contributed by atoms with E-state index >= 15 is 0 Å². The Kier molecular flexibility index (Phi) is 9.71. The van der Waals surface area contributed by atoms with Crippen molar-refractivity contribution in [3.05, 3.63) is 102 Å². The second-order valence-corrected chi connectivity index (χ2v) is 9.43. The van der Waals surface area contributed by atoms with Crippen LogP contribution in [0.2, 0.25) is 0 Å². The number of carbonyl (C=O) groups is 2. The molecule has 4 aromatic rings. The van der Waals surface area contributed by atoms with Crippen LogP contribution in [0.4, 0.5) is 0 Å². The average molecular weight is 555 g/mol. The fourth-order valence-electron chi connectivity index (χ4n) is 4.44. The van der Waals surface area contributed by atoms with Crippen LogP contribution in [0.5, 0.6) is 11.5 Å². The molecular weight excluding hydrogens is 520 g/mol. The third-order valence-electron chi connectivity index (χ3n) is 6.51. The van der Waals surface area contributed by atoms with Gasteiger partial charge in [0.05, 0.1) is 26.3 Å². The van der Waals surface area contributed by atoms with Gasteiger partial charge in [-0.1, -0.05) is 54.6 Å². The predicted molar refractivity (Wildman–Crippen MR) is 157 cm³/mol. The van der Waals surface area contributed by atoms with Crippen molar-refractivity contribution in [2.45, 2.75) is 25.4 Å². The van der Waals surface area contributed by atoms with E-state index < -0.39 is 11.9 Å². The van der Waals surface area contributed by atoms with Gasteiger partial charge >= 0.3 is 0 Å². The van der Waals surface area contributed by atoms with Crippen molar-refractivity contribution in [1.82, 2.24) is 25.7 Å². The normalized spacial score (nSPS) is 11.3. The lowest BCUT2D eigenvalue weighted by atomic mass is 10.0. The number of rotatable bonds is 11. The van der Waals surface area contributed by atoms with Gasteiger partial charge in [-0.15, -0.1) is 0 Å². The topological polar surface area (TPSA) is 130 Å². The molecule has 1 atom stereocenters. The number of hydrogen-bond acceptors (Lipinski definition) is 6. The van der Waals surface area contributed by atoms with Gasteiger partial charge in [0.15, 0.2) is 17.5 Å². The molecule has 4 rings (SSSR count). The van der Waals surface area contributed by atoms with Crippen molar-refractivity contribution >= 4 is 17.8 Å². The summed E-state index contributed by atoms with van der Waals surface area (Å²) in [6, 6.07) is 23.7. The maximum atomic E-state index is 13.3. The Morgan fingerprint density at radius 1 is 0.902 bits per heavy atom. The van der Waals surface area contributed by atoms with Crippen LogP contribution in [-0.4, -0.2) is 47.8 Å². The summed E-state index contributed by atoms with van der Waals surface area (Å²) >= 11 is 0. The number of hydrogen-bond donors (Lipinski definition) is 4. The highest BCUT2D eigenvalue weighted by atomic mass is 16.5. The van der Waals surface area contributed by atoms with Crippen LogP contribution in [0.15, 0.2) is 85.1 Å². The van der Waals surface area contributed by atoms with Crippen LogP contribution in [-0.2, 0) is 36.0 Å². The molecule has 10 nitrogen and oxygen atoms in total. The third kappa shape index (κ3) is 7.95. The molecule has 0 spiro atoms. The highest BCUT2D eigenvalue weighted by Crippen LogP contribution is 2.27. The molecule has 0 unspecified atom stereocenters. The third-order valence-corrected chi connectivity index (χ3v) is 6.51. The zero-order valence-corrected chi connectivity index (χ0v) is 23.3. The van der Waals surface area contributed by atoms with Gasteiger partial charge in [-0.05, 0) is 41.0 Å². The van der Waals surface area contributed by atoms with E-state index in [9.17, 15) is 9.59 Å². The molecule has 0 aliphatic heterocycles. The fourth-order valence-corrected chi connectivity index (χ4v) is 4.44. The minimum atomic E-state index is -0.786. The Morgan fingerprint density at radius 2 is 1.66 bits per heavy atom. The average Bonchev–Trinajstić information content (AvgIpc) is 3.41. The summed E-state index contributed by atoms with van der Waals surface area (Å²) < 4.78 is 12.3. The number of nitrogens with zero attached hydrogens (tertiary/aromatic N) is 2. The largest absolute Gasteiger partial charge is 0.493 e. The van der Waals surface area contributed by atoms with Crippen molar-refractivity contribution in [1.29, 1.82) is 5.41 Å². The zero-order valence-electron chi connectivity index (χ0n) is 23.3. The van der Waals surface area contributed by atoms with Crippen molar-refractivity contribution < 1.29 is 19.1 Å². The first kappa shape index (κ1) is 28.9. The second kappa shape index (κ2) is 13.8. The molecule has 0 saturated heterocycles. The number of nitrogens with one attached hydrogen (secondary N) is 4. The highest BCUT2D eigenvalue weighted by Gasteiger charge is 2.21. The standard InChI is InChI=1S/C31H34N6O4/c1-37-26(14-15-34-37)24-11-7-10-23(16-24)20-33-30(39)25(17-21-8-5-4-6-9-21)35-31(32)36-29(38)19-22-12-13-27(40-2)28(18-22)41-3/h4-16,18,25H,17,19-20H2,1-3H3,(H,33,39)(H3,32,35,36,38)/t25-/m1/s1. The minimum Gasteiger partial charge on any atom is -0.493 e. The first-order valence-corrected chi connectivity index (χ1v) is 13.1. The molecule has 0 bridgehead atoms. The minimum absolute atomic E-state index is 0.0208. The van der Waals surface area contributed by atoms with Gasteiger partial charge in [0.2, 0.25) is 11.8 Å². The van der Waals surface area contributed by atoms with E-state index in [4.69, 9.17) is 14.9 Å². The summed E-state index contributed by atoms with van der Waals surface area (Å²) in [6.45, 7) is 0.302. The Hall–Kier alpha value is -5.12. The van der Waals surface area contributed by atoms with Gasteiger partial charge in [-0.3, -0.25) is 25.0 Å². The number of amides is 2. The number of methoxy groups -OCH3 is 2. The summed E-state index contributed by atoms with van der Waals surface area (Å²) in [4.78, 5) is 26.0. The van der Waals surface area contributed by atoms with Crippen molar-refractivity contribution in [3.8, 4) is 22.8 Å². The van der Waals surface area contributed by atoms with Crippen LogP contribution in [0, 0.1) is 5.41 Å².